The van der Waals surface area contributed by atoms with Crippen LogP contribution in [-0.2, 0) is 0 Å². The van der Waals surface area contributed by atoms with Gasteiger partial charge >= 0.3 is 0 Å². The number of hydrazine groups is 1. The normalized spacial score (nSPS) is 15.0. The van der Waals surface area contributed by atoms with Crippen LogP contribution in [0, 0.1) is 0 Å². The SMILES string of the molecule is CC(=O)c1cc(N2CCC(O)CC2)ccc1Nc1nc(NN)ncc1Cl. The average molecular weight is 377 g/mol. The molecule has 5 N–H and O–H groups in total. The summed E-state index contributed by atoms with van der Waals surface area (Å²) in [6, 6.07) is 5.61. The number of aromatic nitrogens is 2. The second-order valence-corrected chi connectivity index (χ2v) is 6.57. The molecule has 1 aliphatic rings. The lowest BCUT2D eigenvalue weighted by atomic mass is 10.0. The molecule has 2 heterocycles. The van der Waals surface area contributed by atoms with E-state index in [0.717, 1.165) is 31.6 Å². The van der Waals surface area contributed by atoms with E-state index >= 15 is 0 Å². The van der Waals surface area contributed by atoms with Crippen molar-refractivity contribution in [1.82, 2.24) is 9.97 Å². The molecule has 0 bridgehead atoms. The van der Waals surface area contributed by atoms with E-state index in [1.807, 2.05) is 18.2 Å². The number of halogens is 1. The highest BCUT2D eigenvalue weighted by atomic mass is 35.5. The Balaban J connectivity index is 1.89. The van der Waals surface area contributed by atoms with Crippen molar-refractivity contribution in [3.8, 4) is 0 Å². The predicted molar refractivity (Wildman–Crippen MR) is 102 cm³/mol. The molecule has 0 atom stereocenters. The first kappa shape index (κ1) is 18.4. The Morgan fingerprint density at radius 1 is 1.38 bits per heavy atom. The van der Waals surface area contributed by atoms with Gasteiger partial charge < -0.3 is 15.3 Å². The second kappa shape index (κ2) is 7.86. The number of ketones is 1. The number of benzene rings is 1. The molecule has 0 unspecified atom stereocenters. The molecule has 3 rings (SSSR count). The molecule has 2 aromatic rings. The third-order valence-electron chi connectivity index (χ3n) is 4.34. The molecule has 0 saturated carbocycles. The molecule has 1 saturated heterocycles. The van der Waals surface area contributed by atoms with Gasteiger partial charge in [-0.25, -0.2) is 10.8 Å². The maximum absolute atomic E-state index is 12.2. The molecule has 138 valence electrons. The van der Waals surface area contributed by atoms with Gasteiger partial charge in [0.15, 0.2) is 11.6 Å². The molecule has 9 heteroatoms. The van der Waals surface area contributed by atoms with Gasteiger partial charge in [-0.05, 0) is 38.0 Å². The summed E-state index contributed by atoms with van der Waals surface area (Å²) in [6.07, 6.45) is 2.62. The summed E-state index contributed by atoms with van der Waals surface area (Å²) in [5.41, 5.74) is 4.44. The van der Waals surface area contributed by atoms with Crippen LogP contribution in [0.15, 0.2) is 24.4 Å². The van der Waals surface area contributed by atoms with Gasteiger partial charge in [0, 0.05) is 24.3 Å². The van der Waals surface area contributed by atoms with Crippen molar-refractivity contribution in [1.29, 1.82) is 0 Å². The zero-order valence-electron chi connectivity index (χ0n) is 14.4. The van der Waals surface area contributed by atoms with Crippen LogP contribution >= 0.6 is 11.6 Å². The van der Waals surface area contributed by atoms with Gasteiger partial charge in [0.05, 0.1) is 18.0 Å². The van der Waals surface area contributed by atoms with Gasteiger partial charge in [-0.2, -0.15) is 4.98 Å². The summed E-state index contributed by atoms with van der Waals surface area (Å²) in [6.45, 7) is 3.03. The summed E-state index contributed by atoms with van der Waals surface area (Å²) in [4.78, 5) is 22.4. The van der Waals surface area contributed by atoms with Crippen molar-refractivity contribution in [3.63, 3.8) is 0 Å². The third kappa shape index (κ3) is 4.04. The highest BCUT2D eigenvalue weighted by molar-refractivity contribution is 6.33. The van der Waals surface area contributed by atoms with Crippen molar-refractivity contribution >= 4 is 40.5 Å². The smallest absolute Gasteiger partial charge is 0.239 e. The number of nitrogen functional groups attached to an aromatic ring is 1. The van der Waals surface area contributed by atoms with Crippen LogP contribution < -0.4 is 21.5 Å². The number of hydrogen-bond donors (Lipinski definition) is 4. The number of nitrogens with two attached hydrogens (primary N) is 1. The zero-order chi connectivity index (χ0) is 18.7. The van der Waals surface area contributed by atoms with Gasteiger partial charge in [-0.1, -0.05) is 11.6 Å². The summed E-state index contributed by atoms with van der Waals surface area (Å²) in [7, 11) is 0. The highest BCUT2D eigenvalue weighted by Crippen LogP contribution is 2.30. The average Bonchev–Trinajstić information content (AvgIpc) is 2.64. The number of hydrogen-bond acceptors (Lipinski definition) is 8. The first-order chi connectivity index (χ1) is 12.5. The molecule has 1 aromatic carbocycles. The van der Waals surface area contributed by atoms with Crippen LogP contribution in [0.4, 0.5) is 23.1 Å². The van der Waals surface area contributed by atoms with E-state index < -0.39 is 0 Å². The second-order valence-electron chi connectivity index (χ2n) is 6.16. The lowest BCUT2D eigenvalue weighted by molar-refractivity contribution is 0.101. The largest absolute Gasteiger partial charge is 0.393 e. The number of carbonyl (C=O) groups is 1. The minimum Gasteiger partial charge on any atom is -0.393 e. The molecule has 0 radical (unpaired) electrons. The Labute approximate surface area is 156 Å². The van der Waals surface area contributed by atoms with Crippen LogP contribution in [0.3, 0.4) is 0 Å². The van der Waals surface area contributed by atoms with E-state index in [9.17, 15) is 9.90 Å². The minimum atomic E-state index is -0.246. The fourth-order valence-corrected chi connectivity index (χ4v) is 3.04. The first-order valence-corrected chi connectivity index (χ1v) is 8.70. The van der Waals surface area contributed by atoms with Gasteiger partial charge in [0.25, 0.3) is 0 Å². The van der Waals surface area contributed by atoms with Crippen molar-refractivity contribution < 1.29 is 9.90 Å². The number of nitrogens with one attached hydrogen (secondary N) is 2. The minimum absolute atomic E-state index is 0.0752. The molecular formula is C17H21ClN6O2. The Bertz CT molecular complexity index is 808. The summed E-state index contributed by atoms with van der Waals surface area (Å²) >= 11 is 6.13. The Kier molecular flexibility index (Phi) is 5.55. The van der Waals surface area contributed by atoms with E-state index in [1.165, 1.54) is 13.1 Å². The lowest BCUT2D eigenvalue weighted by Gasteiger charge is -2.32. The molecule has 1 aromatic heterocycles. The van der Waals surface area contributed by atoms with E-state index in [-0.39, 0.29) is 17.8 Å². The van der Waals surface area contributed by atoms with Crippen LogP contribution in [-0.4, -0.2) is 40.1 Å². The highest BCUT2D eigenvalue weighted by Gasteiger charge is 2.19. The molecular weight excluding hydrogens is 356 g/mol. The van der Waals surface area contributed by atoms with Crippen molar-refractivity contribution in [3.05, 3.63) is 35.0 Å². The molecule has 26 heavy (non-hydrogen) atoms. The van der Waals surface area contributed by atoms with E-state index in [4.69, 9.17) is 17.4 Å². The molecule has 1 fully saturated rings. The van der Waals surface area contributed by atoms with Crippen LogP contribution in [0.25, 0.3) is 0 Å². The van der Waals surface area contributed by atoms with Crippen molar-refractivity contribution in [2.24, 2.45) is 5.84 Å². The van der Waals surface area contributed by atoms with Crippen LogP contribution in [0.5, 0.6) is 0 Å². The predicted octanol–water partition coefficient (Wildman–Crippen LogP) is 2.32. The molecule has 0 amide bonds. The summed E-state index contributed by atoms with van der Waals surface area (Å²) in [5.74, 6) is 5.82. The number of aliphatic hydroxyl groups excluding tert-OH is 1. The maximum Gasteiger partial charge on any atom is 0.239 e. The van der Waals surface area contributed by atoms with Crippen LogP contribution in [0.1, 0.15) is 30.1 Å². The van der Waals surface area contributed by atoms with Crippen molar-refractivity contribution in [2.45, 2.75) is 25.9 Å². The summed E-state index contributed by atoms with van der Waals surface area (Å²) in [5, 5.41) is 13.1. The standard InChI is InChI=1S/C17H21ClN6O2/c1-10(25)13-8-11(24-6-4-12(26)5-7-24)2-3-15(13)21-16-14(18)9-20-17(22-16)23-19/h2-3,8-9,12,26H,4-7,19H2,1H3,(H2,20,21,22,23). The van der Waals surface area contributed by atoms with Crippen molar-refractivity contribution in [2.75, 3.05) is 28.7 Å². The quantitative estimate of drug-likeness (QED) is 0.357. The van der Waals surface area contributed by atoms with Gasteiger partial charge in [-0.3, -0.25) is 10.2 Å². The van der Waals surface area contributed by atoms with Gasteiger partial charge in [0.1, 0.15) is 5.02 Å². The Morgan fingerprint density at radius 3 is 2.77 bits per heavy atom. The lowest BCUT2D eigenvalue weighted by Crippen LogP contribution is -2.35. The number of aliphatic hydroxyl groups is 1. The monoisotopic (exact) mass is 376 g/mol. The topological polar surface area (TPSA) is 116 Å². The summed E-state index contributed by atoms with van der Waals surface area (Å²) < 4.78 is 0. The maximum atomic E-state index is 12.2. The van der Waals surface area contributed by atoms with Crippen LogP contribution in [0.2, 0.25) is 5.02 Å². The number of carbonyl (C=O) groups excluding carboxylic acids is 1. The van der Waals surface area contributed by atoms with E-state index in [1.54, 1.807) is 0 Å². The Hall–Kier alpha value is -2.42. The molecule has 0 aliphatic carbocycles. The number of piperidine rings is 1. The fourth-order valence-electron chi connectivity index (χ4n) is 2.91. The first-order valence-electron chi connectivity index (χ1n) is 8.32. The number of Topliss-reactive ketones (excluding diaryl/α,β-unsaturated/α-hetero) is 1. The number of anilines is 4. The molecule has 1 aliphatic heterocycles. The van der Waals surface area contributed by atoms with E-state index in [0.29, 0.717) is 22.1 Å². The fraction of sp³-hybridized carbons (Fsp3) is 0.353. The Morgan fingerprint density at radius 2 is 2.12 bits per heavy atom. The molecule has 0 spiro atoms. The third-order valence-corrected chi connectivity index (χ3v) is 4.61. The zero-order valence-corrected chi connectivity index (χ0v) is 15.1. The number of rotatable bonds is 5. The van der Waals surface area contributed by atoms with E-state index in [2.05, 4.69) is 25.6 Å². The van der Waals surface area contributed by atoms with Gasteiger partial charge in [0.2, 0.25) is 5.95 Å². The van der Waals surface area contributed by atoms with Gasteiger partial charge in [-0.15, -0.1) is 0 Å². The molecule has 8 nitrogen and oxygen atoms in total. The number of nitrogens with zero attached hydrogens (tertiary/aromatic N) is 3.